The highest BCUT2D eigenvalue weighted by atomic mass is 32.2. The van der Waals surface area contributed by atoms with E-state index in [2.05, 4.69) is 40.5 Å². The van der Waals surface area contributed by atoms with Crippen molar-refractivity contribution in [1.29, 1.82) is 0 Å². The van der Waals surface area contributed by atoms with Gasteiger partial charge in [0.1, 0.15) is 5.75 Å². The van der Waals surface area contributed by atoms with Crippen molar-refractivity contribution in [3.05, 3.63) is 60.2 Å². The van der Waals surface area contributed by atoms with E-state index in [1.54, 1.807) is 18.9 Å². The van der Waals surface area contributed by atoms with Crippen LogP contribution in [0.3, 0.4) is 0 Å². The Hall–Kier alpha value is -1.98. The van der Waals surface area contributed by atoms with Gasteiger partial charge in [0.15, 0.2) is 0 Å². The number of hydrogen-bond donors (Lipinski definition) is 1. The minimum absolute atomic E-state index is 0.110. The number of carbonyl (C=O) groups excluding carboxylic acids is 1. The molecule has 2 aromatic rings. The lowest BCUT2D eigenvalue weighted by atomic mass is 10.0. The van der Waals surface area contributed by atoms with Crippen molar-refractivity contribution >= 4 is 17.7 Å². The van der Waals surface area contributed by atoms with Crippen molar-refractivity contribution in [2.24, 2.45) is 0 Å². The van der Waals surface area contributed by atoms with E-state index in [0.717, 1.165) is 43.1 Å². The Morgan fingerprint density at radius 1 is 1.15 bits per heavy atom. The molecule has 0 saturated carbocycles. The fourth-order valence-corrected chi connectivity index (χ4v) is 3.94. The van der Waals surface area contributed by atoms with Gasteiger partial charge in [0, 0.05) is 30.6 Å². The van der Waals surface area contributed by atoms with Crippen molar-refractivity contribution in [3.63, 3.8) is 0 Å². The molecule has 0 bridgehead atoms. The van der Waals surface area contributed by atoms with E-state index in [1.807, 2.05) is 24.3 Å². The van der Waals surface area contributed by atoms with Gasteiger partial charge in [0.05, 0.1) is 12.9 Å². The molecule has 5 heteroatoms. The Morgan fingerprint density at radius 2 is 1.92 bits per heavy atom. The first-order valence-electron chi connectivity index (χ1n) is 9.05. The molecule has 138 valence electrons. The first kappa shape index (κ1) is 18.8. The number of piperidine rings is 1. The number of nitrogens with zero attached hydrogens (tertiary/aromatic N) is 1. The highest BCUT2D eigenvalue weighted by molar-refractivity contribution is 8.00. The number of methoxy groups -OCH3 is 1. The molecule has 1 heterocycles. The molecule has 1 aliphatic rings. The number of nitrogens with one attached hydrogen (secondary N) is 1. The molecule has 2 aromatic carbocycles. The van der Waals surface area contributed by atoms with Crippen LogP contribution in [0.1, 0.15) is 18.4 Å². The lowest BCUT2D eigenvalue weighted by Crippen LogP contribution is -2.44. The zero-order valence-corrected chi connectivity index (χ0v) is 16.0. The van der Waals surface area contributed by atoms with Crippen LogP contribution in [0.4, 0.5) is 0 Å². The molecule has 1 amide bonds. The van der Waals surface area contributed by atoms with E-state index < -0.39 is 0 Å². The van der Waals surface area contributed by atoms with E-state index in [1.165, 1.54) is 5.56 Å². The number of benzene rings is 2. The quantitative estimate of drug-likeness (QED) is 0.757. The zero-order chi connectivity index (χ0) is 18.2. The van der Waals surface area contributed by atoms with E-state index in [-0.39, 0.29) is 5.91 Å². The molecule has 26 heavy (non-hydrogen) atoms. The van der Waals surface area contributed by atoms with Gasteiger partial charge in [-0.2, -0.15) is 0 Å². The summed E-state index contributed by atoms with van der Waals surface area (Å²) in [5, 5.41) is 3.18. The second-order valence-electron chi connectivity index (χ2n) is 6.57. The molecule has 0 aliphatic carbocycles. The van der Waals surface area contributed by atoms with Crippen LogP contribution in [0.2, 0.25) is 0 Å². The summed E-state index contributed by atoms with van der Waals surface area (Å²) >= 11 is 1.55. The molecular formula is C21H26N2O2S. The summed E-state index contributed by atoms with van der Waals surface area (Å²) in [4.78, 5) is 15.7. The molecule has 0 spiro atoms. The molecular weight excluding hydrogens is 344 g/mol. The topological polar surface area (TPSA) is 41.6 Å². The van der Waals surface area contributed by atoms with Gasteiger partial charge >= 0.3 is 0 Å². The first-order valence-corrected chi connectivity index (χ1v) is 10.0. The number of hydrogen-bond acceptors (Lipinski definition) is 4. The normalized spacial score (nSPS) is 15.6. The second kappa shape index (κ2) is 9.64. The first-order chi connectivity index (χ1) is 12.7. The zero-order valence-electron chi connectivity index (χ0n) is 15.2. The van der Waals surface area contributed by atoms with E-state index in [9.17, 15) is 4.79 Å². The SMILES string of the molecule is COc1cccc(SCC(=O)NC2CCN(Cc3ccccc3)CC2)c1. The maximum absolute atomic E-state index is 12.2. The van der Waals surface area contributed by atoms with E-state index in [0.29, 0.717) is 11.8 Å². The predicted octanol–water partition coefficient (Wildman–Crippen LogP) is 3.57. The molecule has 0 aromatic heterocycles. The van der Waals surface area contributed by atoms with Gasteiger partial charge in [-0.3, -0.25) is 9.69 Å². The summed E-state index contributed by atoms with van der Waals surface area (Å²) in [5.41, 5.74) is 1.35. The molecule has 0 unspecified atom stereocenters. The van der Waals surface area contributed by atoms with Gasteiger partial charge in [-0.1, -0.05) is 36.4 Å². The fraction of sp³-hybridized carbons (Fsp3) is 0.381. The Balaban J connectivity index is 1.38. The molecule has 3 rings (SSSR count). The van der Waals surface area contributed by atoms with Gasteiger partial charge in [-0.25, -0.2) is 0 Å². The third-order valence-electron chi connectivity index (χ3n) is 4.61. The molecule has 4 nitrogen and oxygen atoms in total. The van der Waals surface area contributed by atoms with Crippen LogP contribution < -0.4 is 10.1 Å². The summed E-state index contributed by atoms with van der Waals surface area (Å²) in [5.74, 6) is 1.37. The van der Waals surface area contributed by atoms with Crippen molar-refractivity contribution in [2.75, 3.05) is 26.0 Å². The van der Waals surface area contributed by atoms with Gasteiger partial charge in [0.25, 0.3) is 0 Å². The molecule has 1 saturated heterocycles. The Bertz CT molecular complexity index is 700. The van der Waals surface area contributed by atoms with Crippen molar-refractivity contribution in [3.8, 4) is 5.75 Å². The average Bonchev–Trinajstić information content (AvgIpc) is 2.69. The predicted molar refractivity (Wildman–Crippen MR) is 107 cm³/mol. The highest BCUT2D eigenvalue weighted by Crippen LogP contribution is 2.22. The van der Waals surface area contributed by atoms with Crippen LogP contribution in [0, 0.1) is 0 Å². The fourth-order valence-electron chi connectivity index (χ4n) is 3.19. The van der Waals surface area contributed by atoms with Crippen LogP contribution in [0.25, 0.3) is 0 Å². The molecule has 0 radical (unpaired) electrons. The van der Waals surface area contributed by atoms with Gasteiger partial charge in [-0.05, 0) is 36.6 Å². The molecule has 1 fully saturated rings. The third-order valence-corrected chi connectivity index (χ3v) is 5.61. The standard InChI is InChI=1S/C21H26N2O2S/c1-25-19-8-5-9-20(14-19)26-16-21(24)22-18-10-12-23(13-11-18)15-17-6-3-2-4-7-17/h2-9,14,18H,10-13,15-16H2,1H3,(H,22,24). The lowest BCUT2D eigenvalue weighted by molar-refractivity contribution is -0.119. The smallest absolute Gasteiger partial charge is 0.230 e. The lowest BCUT2D eigenvalue weighted by Gasteiger charge is -2.32. The minimum Gasteiger partial charge on any atom is -0.497 e. The Labute approximate surface area is 159 Å². The largest absolute Gasteiger partial charge is 0.497 e. The number of carbonyl (C=O) groups is 1. The summed E-state index contributed by atoms with van der Waals surface area (Å²) in [6, 6.07) is 18.7. The number of thioether (sulfide) groups is 1. The van der Waals surface area contributed by atoms with Crippen molar-refractivity contribution in [1.82, 2.24) is 10.2 Å². The second-order valence-corrected chi connectivity index (χ2v) is 7.62. The van der Waals surface area contributed by atoms with Gasteiger partial charge < -0.3 is 10.1 Å². The van der Waals surface area contributed by atoms with Crippen LogP contribution >= 0.6 is 11.8 Å². The Kier molecular flexibility index (Phi) is 6.97. The highest BCUT2D eigenvalue weighted by Gasteiger charge is 2.20. The summed E-state index contributed by atoms with van der Waals surface area (Å²) in [6.45, 7) is 3.05. The summed E-state index contributed by atoms with van der Waals surface area (Å²) < 4.78 is 5.22. The van der Waals surface area contributed by atoms with Crippen molar-refractivity contribution in [2.45, 2.75) is 30.3 Å². The maximum Gasteiger partial charge on any atom is 0.230 e. The summed E-state index contributed by atoms with van der Waals surface area (Å²) in [6.07, 6.45) is 2.03. The summed E-state index contributed by atoms with van der Waals surface area (Å²) in [7, 11) is 1.65. The molecule has 1 aliphatic heterocycles. The van der Waals surface area contributed by atoms with Crippen molar-refractivity contribution < 1.29 is 9.53 Å². The van der Waals surface area contributed by atoms with E-state index >= 15 is 0 Å². The van der Waals surface area contributed by atoms with E-state index in [4.69, 9.17) is 4.74 Å². The Morgan fingerprint density at radius 3 is 2.65 bits per heavy atom. The van der Waals surface area contributed by atoms with Crippen LogP contribution in [0.5, 0.6) is 5.75 Å². The third kappa shape index (κ3) is 5.78. The number of likely N-dealkylation sites (tertiary alicyclic amines) is 1. The number of ether oxygens (including phenoxy) is 1. The number of amides is 1. The van der Waals surface area contributed by atoms with Gasteiger partial charge in [0.2, 0.25) is 5.91 Å². The van der Waals surface area contributed by atoms with Crippen LogP contribution in [-0.4, -0.2) is 42.8 Å². The van der Waals surface area contributed by atoms with Gasteiger partial charge in [-0.15, -0.1) is 11.8 Å². The van der Waals surface area contributed by atoms with Crippen LogP contribution in [0.15, 0.2) is 59.5 Å². The van der Waals surface area contributed by atoms with Crippen LogP contribution in [-0.2, 0) is 11.3 Å². The monoisotopic (exact) mass is 370 g/mol. The maximum atomic E-state index is 12.2. The average molecular weight is 371 g/mol. The molecule has 0 atom stereocenters. The minimum atomic E-state index is 0.110. The number of rotatable bonds is 7. The molecule has 1 N–H and O–H groups in total.